The van der Waals surface area contributed by atoms with E-state index in [0.29, 0.717) is 13.2 Å². The molecule has 1 atom stereocenters. The number of nitrogens with one attached hydrogen (secondary N) is 1. The van der Waals surface area contributed by atoms with Gasteiger partial charge in [-0.15, -0.1) is 0 Å². The van der Waals surface area contributed by atoms with Gasteiger partial charge in [0.1, 0.15) is 30.8 Å². The van der Waals surface area contributed by atoms with E-state index in [1.807, 2.05) is 30.3 Å². The minimum atomic E-state index is -0.203. The molecule has 106 valence electrons. The fraction of sp³-hybridized carbons (Fsp3) is 0.333. The third-order valence-electron chi connectivity index (χ3n) is 3.38. The van der Waals surface area contributed by atoms with Crippen LogP contribution in [-0.4, -0.2) is 13.2 Å². The molecule has 1 aromatic heterocycles. The van der Waals surface area contributed by atoms with E-state index >= 15 is 0 Å². The van der Waals surface area contributed by atoms with Crippen molar-refractivity contribution in [2.24, 2.45) is 5.84 Å². The minimum absolute atomic E-state index is 0.203. The zero-order chi connectivity index (χ0) is 13.9. The van der Waals surface area contributed by atoms with Crippen LogP contribution in [0.1, 0.15) is 30.0 Å². The Kier molecular flexibility index (Phi) is 3.62. The van der Waals surface area contributed by atoms with E-state index in [1.54, 1.807) is 0 Å². The summed E-state index contributed by atoms with van der Waals surface area (Å²) in [6.07, 6.45) is 0.860. The van der Waals surface area contributed by atoms with Gasteiger partial charge in [0.05, 0.1) is 0 Å². The number of hydrazine groups is 1. The lowest BCUT2D eigenvalue weighted by atomic mass is 10.0. The number of fused-ring (bicyclic) bond motifs is 1. The van der Waals surface area contributed by atoms with Crippen molar-refractivity contribution >= 4 is 0 Å². The van der Waals surface area contributed by atoms with Gasteiger partial charge in [-0.25, -0.2) is 5.43 Å². The fourth-order valence-electron chi connectivity index (χ4n) is 2.32. The maximum Gasteiger partial charge on any atom is 0.161 e. The molecule has 20 heavy (non-hydrogen) atoms. The van der Waals surface area contributed by atoms with Crippen molar-refractivity contribution in [3.63, 3.8) is 0 Å². The van der Waals surface area contributed by atoms with Crippen molar-refractivity contribution in [3.8, 4) is 11.5 Å². The largest absolute Gasteiger partial charge is 0.486 e. The lowest BCUT2D eigenvalue weighted by Gasteiger charge is -2.21. The quantitative estimate of drug-likeness (QED) is 0.660. The van der Waals surface area contributed by atoms with Gasteiger partial charge in [-0.1, -0.05) is 13.0 Å². The first-order chi connectivity index (χ1) is 9.81. The molecule has 1 aliphatic rings. The van der Waals surface area contributed by atoms with Crippen LogP contribution < -0.4 is 20.7 Å². The van der Waals surface area contributed by atoms with E-state index in [1.165, 1.54) is 0 Å². The van der Waals surface area contributed by atoms with Crippen molar-refractivity contribution in [2.75, 3.05) is 13.2 Å². The Morgan fingerprint density at radius 2 is 1.95 bits per heavy atom. The molecule has 2 heterocycles. The zero-order valence-corrected chi connectivity index (χ0v) is 11.4. The molecular formula is C15H18N2O3. The highest BCUT2D eigenvalue weighted by atomic mass is 16.6. The Bertz CT molecular complexity index is 595. The summed E-state index contributed by atoms with van der Waals surface area (Å²) in [5, 5.41) is 0. The Morgan fingerprint density at radius 3 is 2.65 bits per heavy atom. The Balaban J connectivity index is 1.92. The minimum Gasteiger partial charge on any atom is -0.486 e. The molecule has 5 heteroatoms. The van der Waals surface area contributed by atoms with Gasteiger partial charge < -0.3 is 13.9 Å². The molecule has 3 rings (SSSR count). The predicted octanol–water partition coefficient (Wildman–Crippen LogP) is 2.17. The second-order valence-corrected chi connectivity index (χ2v) is 4.66. The summed E-state index contributed by atoms with van der Waals surface area (Å²) in [5.74, 6) is 8.93. The van der Waals surface area contributed by atoms with Crippen LogP contribution in [0.25, 0.3) is 0 Å². The molecule has 0 saturated carbocycles. The van der Waals surface area contributed by atoms with E-state index < -0.39 is 0 Å². The molecule has 2 aromatic rings. The molecule has 0 aliphatic carbocycles. The first kappa shape index (κ1) is 13.0. The van der Waals surface area contributed by atoms with Crippen LogP contribution in [0.3, 0.4) is 0 Å². The number of benzene rings is 1. The van der Waals surface area contributed by atoms with Crippen LogP contribution >= 0.6 is 0 Å². The van der Waals surface area contributed by atoms with Gasteiger partial charge in [-0.05, 0) is 29.8 Å². The van der Waals surface area contributed by atoms with E-state index in [0.717, 1.165) is 35.0 Å². The molecule has 0 fully saturated rings. The molecule has 0 amide bonds. The van der Waals surface area contributed by atoms with E-state index in [-0.39, 0.29) is 6.04 Å². The van der Waals surface area contributed by atoms with Crippen LogP contribution in [0, 0.1) is 0 Å². The second kappa shape index (κ2) is 5.56. The zero-order valence-electron chi connectivity index (χ0n) is 11.4. The Morgan fingerprint density at radius 1 is 1.15 bits per heavy atom. The number of nitrogens with two attached hydrogens (primary N) is 1. The normalized spacial score (nSPS) is 15.1. The van der Waals surface area contributed by atoms with Crippen LogP contribution in [0.4, 0.5) is 0 Å². The van der Waals surface area contributed by atoms with Gasteiger partial charge in [0.2, 0.25) is 0 Å². The fourth-order valence-corrected chi connectivity index (χ4v) is 2.32. The molecule has 1 unspecified atom stereocenters. The highest BCUT2D eigenvalue weighted by Gasteiger charge is 2.20. The van der Waals surface area contributed by atoms with Crippen LogP contribution in [-0.2, 0) is 6.42 Å². The van der Waals surface area contributed by atoms with Crippen LogP contribution in [0.5, 0.6) is 11.5 Å². The predicted molar refractivity (Wildman–Crippen MR) is 74.7 cm³/mol. The van der Waals surface area contributed by atoms with Gasteiger partial charge >= 0.3 is 0 Å². The monoisotopic (exact) mass is 274 g/mol. The molecule has 0 spiro atoms. The number of ether oxygens (including phenoxy) is 2. The first-order valence-electron chi connectivity index (χ1n) is 6.76. The second-order valence-electron chi connectivity index (χ2n) is 4.66. The number of furan rings is 1. The third-order valence-corrected chi connectivity index (χ3v) is 3.38. The summed E-state index contributed by atoms with van der Waals surface area (Å²) in [5.41, 5.74) is 3.77. The van der Waals surface area contributed by atoms with Crippen LogP contribution in [0.2, 0.25) is 0 Å². The third kappa shape index (κ3) is 2.37. The van der Waals surface area contributed by atoms with Crippen molar-refractivity contribution in [1.82, 2.24) is 5.43 Å². The highest BCUT2D eigenvalue weighted by molar-refractivity contribution is 5.45. The summed E-state index contributed by atoms with van der Waals surface area (Å²) >= 11 is 0. The lowest BCUT2D eigenvalue weighted by molar-refractivity contribution is 0.171. The van der Waals surface area contributed by atoms with E-state index in [4.69, 9.17) is 19.7 Å². The number of rotatable bonds is 4. The Hall–Kier alpha value is -1.98. The molecule has 5 nitrogen and oxygen atoms in total. The van der Waals surface area contributed by atoms with Crippen molar-refractivity contribution < 1.29 is 13.9 Å². The molecule has 0 bridgehead atoms. The average molecular weight is 274 g/mol. The summed E-state index contributed by atoms with van der Waals surface area (Å²) in [6, 6.07) is 9.51. The van der Waals surface area contributed by atoms with Crippen molar-refractivity contribution in [2.45, 2.75) is 19.4 Å². The summed E-state index contributed by atoms with van der Waals surface area (Å²) in [6.45, 7) is 3.21. The lowest BCUT2D eigenvalue weighted by Crippen LogP contribution is -2.28. The van der Waals surface area contributed by atoms with Crippen molar-refractivity contribution in [1.29, 1.82) is 0 Å². The maximum absolute atomic E-state index is 5.77. The number of hydrogen-bond acceptors (Lipinski definition) is 5. The van der Waals surface area contributed by atoms with Gasteiger partial charge in [-0.2, -0.15) is 0 Å². The first-order valence-corrected chi connectivity index (χ1v) is 6.76. The van der Waals surface area contributed by atoms with Crippen molar-refractivity contribution in [3.05, 3.63) is 47.4 Å². The molecule has 0 saturated heterocycles. The maximum atomic E-state index is 5.77. The molecule has 1 aliphatic heterocycles. The topological polar surface area (TPSA) is 69.7 Å². The summed E-state index contributed by atoms with van der Waals surface area (Å²) in [7, 11) is 0. The van der Waals surface area contributed by atoms with Gasteiger partial charge in [0.15, 0.2) is 11.5 Å². The van der Waals surface area contributed by atoms with Crippen LogP contribution in [0.15, 0.2) is 34.7 Å². The number of hydrogen-bond donors (Lipinski definition) is 2. The molecule has 3 N–H and O–H groups in total. The van der Waals surface area contributed by atoms with E-state index in [2.05, 4.69) is 12.3 Å². The van der Waals surface area contributed by atoms with Gasteiger partial charge in [0, 0.05) is 6.42 Å². The summed E-state index contributed by atoms with van der Waals surface area (Å²) < 4.78 is 16.9. The average Bonchev–Trinajstić information content (AvgIpc) is 2.97. The molecular weight excluding hydrogens is 256 g/mol. The Labute approximate surface area is 117 Å². The number of aryl methyl sites for hydroxylation is 1. The van der Waals surface area contributed by atoms with E-state index in [9.17, 15) is 0 Å². The van der Waals surface area contributed by atoms with Gasteiger partial charge in [-0.3, -0.25) is 5.84 Å². The molecule has 1 aromatic carbocycles. The highest BCUT2D eigenvalue weighted by Crippen LogP contribution is 2.34. The molecule has 0 radical (unpaired) electrons. The smallest absolute Gasteiger partial charge is 0.161 e. The summed E-state index contributed by atoms with van der Waals surface area (Å²) in [4.78, 5) is 0. The SMILES string of the molecule is CCc1ccc(C(NN)c2ccc3c(c2)OCCO3)o1. The standard InChI is InChI=1S/C15H18N2O3/c1-2-11-4-6-13(20-11)15(17-16)10-3-5-12-14(9-10)19-8-7-18-12/h3-6,9,15,17H,2,7-8,16H2,1H3. The van der Waals surface area contributed by atoms with Gasteiger partial charge in [0.25, 0.3) is 0 Å².